The Hall–Kier alpha value is -1.41. The maximum atomic E-state index is 10.7. The highest BCUT2D eigenvalue weighted by Gasteiger charge is 2.16. The summed E-state index contributed by atoms with van der Waals surface area (Å²) < 4.78 is 0. The molecule has 0 heterocycles. The summed E-state index contributed by atoms with van der Waals surface area (Å²) >= 11 is 3.19. The van der Waals surface area contributed by atoms with Crippen LogP contribution >= 0.6 is 15.9 Å². The van der Waals surface area contributed by atoms with E-state index in [-0.39, 0.29) is 5.69 Å². The SMILES string of the molecule is Cc1cc(C#N)cc([N+](=O)[O-])c1CBr. The Labute approximate surface area is 89.4 Å². The van der Waals surface area contributed by atoms with Crippen LogP contribution in [0.3, 0.4) is 0 Å². The quantitative estimate of drug-likeness (QED) is 0.463. The first-order valence-corrected chi connectivity index (χ1v) is 4.96. The number of benzene rings is 1. The van der Waals surface area contributed by atoms with E-state index in [1.807, 2.05) is 6.07 Å². The highest BCUT2D eigenvalue weighted by atomic mass is 79.9. The number of nitrogens with zero attached hydrogens (tertiary/aromatic N) is 2. The van der Waals surface area contributed by atoms with Crippen LogP contribution in [0.5, 0.6) is 0 Å². The van der Waals surface area contributed by atoms with Gasteiger partial charge in [-0.3, -0.25) is 10.1 Å². The fourth-order valence-electron chi connectivity index (χ4n) is 1.20. The standard InChI is InChI=1S/C9H7BrN2O2/c1-6-2-7(5-11)3-9(12(13)14)8(6)4-10/h2-3H,4H2,1H3. The number of nitro benzene ring substituents is 1. The van der Waals surface area contributed by atoms with E-state index in [4.69, 9.17) is 5.26 Å². The normalized spacial score (nSPS) is 9.50. The van der Waals surface area contributed by atoms with Gasteiger partial charge in [0, 0.05) is 17.0 Å². The Bertz CT molecular complexity index is 424. The van der Waals surface area contributed by atoms with Crippen molar-refractivity contribution in [1.29, 1.82) is 5.26 Å². The summed E-state index contributed by atoms with van der Waals surface area (Å²) in [7, 11) is 0. The Morgan fingerprint density at radius 1 is 1.64 bits per heavy atom. The number of alkyl halides is 1. The molecule has 0 aliphatic carbocycles. The van der Waals surface area contributed by atoms with Gasteiger partial charge in [-0.15, -0.1) is 0 Å². The lowest BCUT2D eigenvalue weighted by molar-refractivity contribution is -0.385. The minimum Gasteiger partial charge on any atom is -0.258 e. The van der Waals surface area contributed by atoms with Crippen LogP contribution in [0.15, 0.2) is 12.1 Å². The molecule has 14 heavy (non-hydrogen) atoms. The third-order valence-electron chi connectivity index (χ3n) is 1.91. The van der Waals surface area contributed by atoms with Gasteiger partial charge in [0.15, 0.2) is 0 Å². The second kappa shape index (κ2) is 4.20. The molecular formula is C9H7BrN2O2. The molecule has 0 fully saturated rings. The van der Waals surface area contributed by atoms with Crippen molar-refractivity contribution in [2.45, 2.75) is 12.3 Å². The third-order valence-corrected chi connectivity index (χ3v) is 2.47. The van der Waals surface area contributed by atoms with Gasteiger partial charge < -0.3 is 0 Å². The van der Waals surface area contributed by atoms with Gasteiger partial charge >= 0.3 is 0 Å². The smallest absolute Gasteiger partial charge is 0.258 e. The van der Waals surface area contributed by atoms with Gasteiger partial charge in [0.25, 0.3) is 5.69 Å². The molecule has 0 spiro atoms. The lowest BCUT2D eigenvalue weighted by Crippen LogP contribution is -1.97. The molecule has 4 nitrogen and oxygen atoms in total. The molecule has 0 unspecified atom stereocenters. The van der Waals surface area contributed by atoms with E-state index < -0.39 is 4.92 Å². The van der Waals surface area contributed by atoms with Crippen molar-refractivity contribution >= 4 is 21.6 Å². The fraction of sp³-hybridized carbons (Fsp3) is 0.222. The van der Waals surface area contributed by atoms with Crippen LogP contribution < -0.4 is 0 Å². The van der Waals surface area contributed by atoms with Crippen LogP contribution in [-0.4, -0.2) is 4.92 Å². The average Bonchev–Trinajstić information content (AvgIpc) is 2.16. The number of nitriles is 1. The molecule has 0 aliphatic rings. The summed E-state index contributed by atoms with van der Waals surface area (Å²) in [6.07, 6.45) is 0. The molecule has 0 N–H and O–H groups in total. The first kappa shape index (κ1) is 10.7. The van der Waals surface area contributed by atoms with Crippen molar-refractivity contribution in [2.24, 2.45) is 0 Å². The number of aryl methyl sites for hydroxylation is 1. The molecule has 0 amide bonds. The molecule has 0 saturated heterocycles. The molecule has 0 aliphatic heterocycles. The van der Waals surface area contributed by atoms with Crippen LogP contribution in [0.25, 0.3) is 0 Å². The van der Waals surface area contributed by atoms with Crippen LogP contribution in [0, 0.1) is 28.4 Å². The second-order valence-corrected chi connectivity index (χ2v) is 3.35. The van der Waals surface area contributed by atoms with Gasteiger partial charge in [-0.05, 0) is 18.6 Å². The van der Waals surface area contributed by atoms with E-state index in [2.05, 4.69) is 15.9 Å². The van der Waals surface area contributed by atoms with Gasteiger partial charge in [0.05, 0.1) is 16.6 Å². The first-order chi connectivity index (χ1) is 6.60. The largest absolute Gasteiger partial charge is 0.275 e. The summed E-state index contributed by atoms with van der Waals surface area (Å²) in [4.78, 5) is 10.2. The molecule has 0 bridgehead atoms. The second-order valence-electron chi connectivity index (χ2n) is 2.79. The van der Waals surface area contributed by atoms with E-state index >= 15 is 0 Å². The van der Waals surface area contributed by atoms with Crippen molar-refractivity contribution in [1.82, 2.24) is 0 Å². The predicted molar refractivity (Wildman–Crippen MR) is 55.2 cm³/mol. The molecule has 5 heteroatoms. The molecule has 0 saturated carbocycles. The van der Waals surface area contributed by atoms with Gasteiger partial charge in [-0.25, -0.2) is 0 Å². The lowest BCUT2D eigenvalue weighted by atomic mass is 10.0. The summed E-state index contributed by atoms with van der Waals surface area (Å²) in [6.45, 7) is 1.75. The van der Waals surface area contributed by atoms with Crippen molar-refractivity contribution in [2.75, 3.05) is 0 Å². The Kier molecular flexibility index (Phi) is 3.20. The molecule has 0 atom stereocenters. The topological polar surface area (TPSA) is 66.9 Å². The van der Waals surface area contributed by atoms with Crippen molar-refractivity contribution in [3.8, 4) is 6.07 Å². The van der Waals surface area contributed by atoms with E-state index in [1.54, 1.807) is 13.0 Å². The Morgan fingerprint density at radius 3 is 2.71 bits per heavy atom. The third kappa shape index (κ3) is 1.91. The van der Waals surface area contributed by atoms with Crippen LogP contribution in [-0.2, 0) is 5.33 Å². The van der Waals surface area contributed by atoms with E-state index in [0.29, 0.717) is 16.5 Å². The molecule has 0 radical (unpaired) electrons. The Morgan fingerprint density at radius 2 is 2.29 bits per heavy atom. The van der Waals surface area contributed by atoms with Crippen LogP contribution in [0.1, 0.15) is 16.7 Å². The van der Waals surface area contributed by atoms with E-state index in [0.717, 1.165) is 5.56 Å². The Balaban J connectivity index is 3.45. The minimum atomic E-state index is -0.468. The number of hydrogen-bond donors (Lipinski definition) is 0. The van der Waals surface area contributed by atoms with Crippen molar-refractivity contribution in [3.05, 3.63) is 38.9 Å². The van der Waals surface area contributed by atoms with E-state index in [9.17, 15) is 10.1 Å². The summed E-state index contributed by atoms with van der Waals surface area (Å²) in [5.74, 6) is 0. The summed E-state index contributed by atoms with van der Waals surface area (Å²) in [6, 6.07) is 4.83. The zero-order valence-electron chi connectivity index (χ0n) is 7.45. The van der Waals surface area contributed by atoms with Gasteiger partial charge in [0.1, 0.15) is 0 Å². The first-order valence-electron chi connectivity index (χ1n) is 3.84. The predicted octanol–water partition coefficient (Wildman–Crippen LogP) is 2.67. The molecule has 1 rings (SSSR count). The highest BCUT2D eigenvalue weighted by molar-refractivity contribution is 9.08. The maximum absolute atomic E-state index is 10.7. The fourth-order valence-corrected chi connectivity index (χ4v) is 1.93. The average molecular weight is 255 g/mol. The summed E-state index contributed by atoms with van der Waals surface area (Å²) in [5.41, 5.74) is 1.69. The number of nitro groups is 1. The number of rotatable bonds is 2. The molecular weight excluding hydrogens is 248 g/mol. The van der Waals surface area contributed by atoms with Crippen LogP contribution in [0.4, 0.5) is 5.69 Å². The van der Waals surface area contributed by atoms with Crippen molar-refractivity contribution in [3.63, 3.8) is 0 Å². The van der Waals surface area contributed by atoms with Gasteiger partial charge in [-0.2, -0.15) is 5.26 Å². The molecule has 1 aromatic rings. The van der Waals surface area contributed by atoms with Crippen LogP contribution in [0.2, 0.25) is 0 Å². The number of halogens is 1. The zero-order valence-corrected chi connectivity index (χ0v) is 9.04. The number of hydrogen-bond acceptors (Lipinski definition) is 3. The minimum absolute atomic E-state index is 0.00146. The molecule has 1 aromatic carbocycles. The maximum Gasteiger partial charge on any atom is 0.275 e. The summed E-state index contributed by atoms with van der Waals surface area (Å²) in [5, 5.41) is 19.7. The lowest BCUT2D eigenvalue weighted by Gasteiger charge is -2.03. The molecule has 72 valence electrons. The van der Waals surface area contributed by atoms with Gasteiger partial charge in [-0.1, -0.05) is 15.9 Å². The van der Waals surface area contributed by atoms with E-state index in [1.165, 1.54) is 6.07 Å². The highest BCUT2D eigenvalue weighted by Crippen LogP contribution is 2.26. The monoisotopic (exact) mass is 254 g/mol. The van der Waals surface area contributed by atoms with Crippen molar-refractivity contribution < 1.29 is 4.92 Å². The zero-order chi connectivity index (χ0) is 10.7. The van der Waals surface area contributed by atoms with Gasteiger partial charge in [0.2, 0.25) is 0 Å². The molecule has 0 aromatic heterocycles.